The average molecular weight is 557 g/mol. The molecule has 10 heteroatoms. The van der Waals surface area contributed by atoms with E-state index in [1.165, 1.54) is 30.2 Å². The highest BCUT2D eigenvalue weighted by atomic mass is 35.5. The summed E-state index contributed by atoms with van der Waals surface area (Å²) >= 11 is 12.3. The van der Waals surface area contributed by atoms with Crippen molar-refractivity contribution >= 4 is 46.7 Å². The van der Waals surface area contributed by atoms with Gasteiger partial charge in [-0.25, -0.2) is 9.37 Å². The smallest absolute Gasteiger partial charge is 0.279 e. The highest BCUT2D eigenvalue weighted by Crippen LogP contribution is 2.45. The molecule has 0 bridgehead atoms. The van der Waals surface area contributed by atoms with E-state index in [2.05, 4.69) is 0 Å². The zero-order valence-corrected chi connectivity index (χ0v) is 23.1. The molecule has 0 radical (unpaired) electrons. The molecule has 38 heavy (non-hydrogen) atoms. The second-order valence-electron chi connectivity index (χ2n) is 9.21. The molecule has 4 rings (SSSR count). The largest absolute Gasteiger partial charge is 0.494 e. The number of ether oxygens (including phenoxy) is 1. The predicted molar refractivity (Wildman–Crippen MR) is 147 cm³/mol. The maximum atomic E-state index is 15.3. The molecule has 1 aromatic heterocycles. The van der Waals surface area contributed by atoms with Crippen LogP contribution in [0.3, 0.4) is 0 Å². The van der Waals surface area contributed by atoms with Crippen molar-refractivity contribution in [3.05, 3.63) is 99.1 Å². The number of aromatic nitrogens is 2. The number of carbonyl (C=O) groups excluding carboxylic acids is 2. The van der Waals surface area contributed by atoms with Crippen LogP contribution in [0, 0.1) is 5.82 Å². The molecule has 2 heterocycles. The summed E-state index contributed by atoms with van der Waals surface area (Å²) in [6, 6.07) is 10.6. The normalized spacial score (nSPS) is 15.8. The number of benzene rings is 2. The van der Waals surface area contributed by atoms with Gasteiger partial charge in [0.05, 0.1) is 29.1 Å². The molecule has 0 aliphatic carbocycles. The average Bonchev–Trinajstić information content (AvgIpc) is 3.38. The Kier molecular flexibility index (Phi) is 7.94. The van der Waals surface area contributed by atoms with Crippen molar-refractivity contribution in [2.24, 2.45) is 0 Å². The number of imidazole rings is 1. The minimum Gasteiger partial charge on any atom is -0.494 e. The molecule has 1 aliphatic heterocycles. The number of anilines is 1. The van der Waals surface area contributed by atoms with E-state index in [0.717, 1.165) is 0 Å². The number of aldehydes is 1. The maximum absolute atomic E-state index is 15.3. The molecule has 0 saturated carbocycles. The predicted octanol–water partition coefficient (Wildman–Crippen LogP) is 6.29. The lowest BCUT2D eigenvalue weighted by atomic mass is 10.0. The van der Waals surface area contributed by atoms with Gasteiger partial charge in [-0.3, -0.25) is 14.5 Å². The van der Waals surface area contributed by atoms with Gasteiger partial charge < -0.3 is 14.2 Å². The van der Waals surface area contributed by atoms with Crippen LogP contribution in [0.15, 0.2) is 60.5 Å². The second-order valence-corrected chi connectivity index (χ2v) is 10.1. The van der Waals surface area contributed by atoms with Crippen LogP contribution in [0.4, 0.5) is 10.1 Å². The Morgan fingerprint density at radius 3 is 2.42 bits per heavy atom. The number of hydrogen-bond acceptors (Lipinski definition) is 5. The monoisotopic (exact) mass is 556 g/mol. The molecule has 0 spiro atoms. The quantitative estimate of drug-likeness (QED) is 0.141. The highest BCUT2D eigenvalue weighted by Gasteiger charge is 2.46. The third kappa shape index (κ3) is 4.81. The van der Waals surface area contributed by atoms with Gasteiger partial charge in [0.1, 0.15) is 23.9 Å². The van der Waals surface area contributed by atoms with Crippen LogP contribution < -0.4 is 4.90 Å². The number of nitrogens with zero attached hydrogens (tertiary/aromatic N) is 4. The van der Waals surface area contributed by atoms with Gasteiger partial charge in [0.2, 0.25) is 0 Å². The Bertz CT molecular complexity index is 1450. The number of rotatable bonds is 8. The third-order valence-electron chi connectivity index (χ3n) is 6.12. The van der Waals surface area contributed by atoms with Crippen molar-refractivity contribution in [3.8, 4) is 0 Å². The molecule has 1 amide bonds. The lowest BCUT2D eigenvalue weighted by Gasteiger charge is -2.29. The Hall–Kier alpha value is -3.62. The molecular formula is C28H27Cl2FN4O3. The van der Waals surface area contributed by atoms with Gasteiger partial charge in [0, 0.05) is 31.4 Å². The first-order valence-electron chi connectivity index (χ1n) is 11.8. The first-order chi connectivity index (χ1) is 18.1. The van der Waals surface area contributed by atoms with Crippen molar-refractivity contribution in [3.63, 3.8) is 0 Å². The first-order valence-corrected chi connectivity index (χ1v) is 12.6. The number of hydrogen-bond donors (Lipinski definition) is 0. The van der Waals surface area contributed by atoms with Crippen LogP contribution in [-0.2, 0) is 9.53 Å². The summed E-state index contributed by atoms with van der Waals surface area (Å²) in [5.74, 6) is -0.436. The molecule has 7 nitrogen and oxygen atoms in total. The van der Waals surface area contributed by atoms with E-state index in [0.29, 0.717) is 39.7 Å². The minimum absolute atomic E-state index is 0.0334. The molecule has 1 aliphatic rings. The maximum Gasteiger partial charge on any atom is 0.279 e. The SMILES string of the molecule is COC(=C/N(C)C)/C(=C\C=O)c1nc2c(n1C(C)C)C(c1ccc(Cl)cc1)N(c1cccc(Cl)c1F)C2=O. The standard InChI is InChI=1S/C28H27Cl2FN4O3/c1-16(2)34-26-24(32-27(34)19(13-14-36)22(38-5)15-33(3)4)28(37)35(21-8-6-7-20(30)23(21)31)25(26)17-9-11-18(29)12-10-17/h6-16,25H,1-5H3/b19-13+,22-15+. The molecule has 0 fully saturated rings. The van der Waals surface area contributed by atoms with E-state index in [-0.39, 0.29) is 22.4 Å². The minimum atomic E-state index is -0.743. The topological polar surface area (TPSA) is 67.7 Å². The molecule has 1 unspecified atom stereocenters. The molecule has 0 saturated heterocycles. The molecule has 0 N–H and O–H groups in total. The zero-order chi connectivity index (χ0) is 27.7. The summed E-state index contributed by atoms with van der Waals surface area (Å²) in [6.07, 6.45) is 3.71. The van der Waals surface area contributed by atoms with E-state index >= 15 is 4.39 Å². The van der Waals surface area contributed by atoms with Gasteiger partial charge >= 0.3 is 0 Å². The van der Waals surface area contributed by atoms with Crippen molar-refractivity contribution in [2.45, 2.75) is 25.9 Å². The zero-order valence-electron chi connectivity index (χ0n) is 21.6. The van der Waals surface area contributed by atoms with Crippen LogP contribution in [0.1, 0.15) is 53.5 Å². The molecule has 1 atom stereocenters. The fourth-order valence-electron chi connectivity index (χ4n) is 4.61. The third-order valence-corrected chi connectivity index (χ3v) is 6.66. The Morgan fingerprint density at radius 1 is 1.16 bits per heavy atom. The van der Waals surface area contributed by atoms with Crippen LogP contribution in [-0.4, -0.2) is 47.8 Å². The summed E-state index contributed by atoms with van der Waals surface area (Å²) in [5, 5.41) is 0.420. The summed E-state index contributed by atoms with van der Waals surface area (Å²) in [5.41, 5.74) is 1.84. The summed E-state index contributed by atoms with van der Waals surface area (Å²) in [6.45, 7) is 3.89. The van der Waals surface area contributed by atoms with Gasteiger partial charge in [-0.2, -0.15) is 0 Å². The van der Waals surface area contributed by atoms with Crippen LogP contribution in [0.2, 0.25) is 10.0 Å². The number of amides is 1. The van der Waals surface area contributed by atoms with E-state index < -0.39 is 17.8 Å². The second kappa shape index (κ2) is 11.0. The van der Waals surface area contributed by atoms with Crippen LogP contribution in [0.25, 0.3) is 5.57 Å². The van der Waals surface area contributed by atoms with E-state index in [4.69, 9.17) is 32.9 Å². The number of allylic oxidation sites excluding steroid dienone is 2. The lowest BCUT2D eigenvalue weighted by molar-refractivity contribution is -0.104. The Balaban J connectivity index is 2.04. The van der Waals surface area contributed by atoms with Gasteiger partial charge in [0.25, 0.3) is 5.91 Å². The summed E-state index contributed by atoms with van der Waals surface area (Å²) in [4.78, 5) is 33.5. The van der Waals surface area contributed by atoms with Gasteiger partial charge in [-0.05, 0) is 49.8 Å². The Labute approximate surface area is 230 Å². The number of carbonyl (C=O) groups is 2. The van der Waals surface area contributed by atoms with E-state index in [1.54, 1.807) is 41.4 Å². The van der Waals surface area contributed by atoms with Crippen LogP contribution >= 0.6 is 23.2 Å². The van der Waals surface area contributed by atoms with E-state index in [9.17, 15) is 9.59 Å². The Morgan fingerprint density at radius 2 is 1.84 bits per heavy atom. The van der Waals surface area contributed by atoms with Gasteiger partial charge in [-0.1, -0.05) is 41.4 Å². The number of methoxy groups -OCH3 is 1. The highest BCUT2D eigenvalue weighted by molar-refractivity contribution is 6.31. The van der Waals surface area contributed by atoms with Crippen molar-refractivity contribution < 1.29 is 18.7 Å². The summed E-state index contributed by atoms with van der Waals surface area (Å²) < 4.78 is 22.8. The van der Waals surface area contributed by atoms with Crippen molar-refractivity contribution in [1.29, 1.82) is 0 Å². The summed E-state index contributed by atoms with van der Waals surface area (Å²) in [7, 11) is 5.14. The fourth-order valence-corrected chi connectivity index (χ4v) is 4.91. The van der Waals surface area contributed by atoms with Gasteiger partial charge in [-0.15, -0.1) is 0 Å². The molecular weight excluding hydrogens is 530 g/mol. The molecule has 198 valence electrons. The van der Waals surface area contributed by atoms with Crippen molar-refractivity contribution in [1.82, 2.24) is 14.5 Å². The first kappa shape index (κ1) is 27.4. The molecule has 3 aromatic rings. The van der Waals surface area contributed by atoms with Gasteiger partial charge in [0.15, 0.2) is 11.5 Å². The fraction of sp³-hybridized carbons (Fsp3) is 0.250. The lowest BCUT2D eigenvalue weighted by Crippen LogP contribution is -2.31. The van der Waals surface area contributed by atoms with Crippen molar-refractivity contribution in [2.75, 3.05) is 26.1 Å². The number of halogens is 3. The number of fused-ring (bicyclic) bond motifs is 1. The van der Waals surface area contributed by atoms with Crippen LogP contribution in [0.5, 0.6) is 0 Å². The van der Waals surface area contributed by atoms with E-state index in [1.807, 2.05) is 32.5 Å². The molecule has 2 aromatic carbocycles.